The van der Waals surface area contributed by atoms with Gasteiger partial charge in [0.1, 0.15) is 11.6 Å². The van der Waals surface area contributed by atoms with Gasteiger partial charge in [0.2, 0.25) is 0 Å². The molecule has 4 N–H and O–H groups in total. The quantitative estimate of drug-likeness (QED) is 0.794. The van der Waals surface area contributed by atoms with Gasteiger partial charge in [-0.2, -0.15) is 0 Å². The second-order valence-electron chi connectivity index (χ2n) is 4.76. The molecule has 0 radical (unpaired) electrons. The lowest BCUT2D eigenvalue weighted by Gasteiger charge is -2.25. The fraction of sp³-hybridized carbons (Fsp3) is 0.538. The highest BCUT2D eigenvalue weighted by atomic mass is 35.5. The van der Waals surface area contributed by atoms with Crippen LogP contribution in [0, 0.1) is 11.7 Å². The molecule has 0 unspecified atom stereocenters. The van der Waals surface area contributed by atoms with Crippen molar-refractivity contribution in [3.05, 3.63) is 29.6 Å². The Morgan fingerprint density at radius 2 is 1.89 bits per heavy atom. The van der Waals surface area contributed by atoms with Gasteiger partial charge in [-0.1, -0.05) is 12.8 Å². The maximum atomic E-state index is 13.1. The fourth-order valence-corrected chi connectivity index (χ4v) is 2.57. The Morgan fingerprint density at radius 1 is 1.28 bits per heavy atom. The Kier molecular flexibility index (Phi) is 5.38. The van der Waals surface area contributed by atoms with Gasteiger partial charge in [-0.25, -0.2) is 4.39 Å². The number of phenolic OH excluding ortho intramolecular Hbond substituents is 1. The van der Waals surface area contributed by atoms with Crippen molar-refractivity contribution < 1.29 is 14.6 Å². The molecule has 0 saturated heterocycles. The molecule has 1 aromatic carbocycles. The molecule has 0 bridgehead atoms. The standard InChI is InChI=1S/C13H18FNO2.ClH/c14-9-5-6-11(16)10(7-9)12(15)13(17)8-3-1-2-4-8;/h5-8,12-13,16-17H,1-4,15H2;1H/t12-,13+;/m1./s1. The maximum Gasteiger partial charge on any atom is 0.123 e. The molecule has 1 saturated carbocycles. The van der Waals surface area contributed by atoms with Crippen LogP contribution in [0.2, 0.25) is 0 Å². The summed E-state index contributed by atoms with van der Waals surface area (Å²) in [4.78, 5) is 0. The van der Waals surface area contributed by atoms with Crippen LogP contribution >= 0.6 is 12.4 Å². The molecule has 0 aliphatic heterocycles. The number of halogens is 2. The minimum absolute atomic E-state index is 0. The van der Waals surface area contributed by atoms with E-state index in [4.69, 9.17) is 5.73 Å². The van der Waals surface area contributed by atoms with Crippen LogP contribution in [-0.4, -0.2) is 16.3 Å². The van der Waals surface area contributed by atoms with E-state index in [1.165, 1.54) is 18.2 Å². The lowest BCUT2D eigenvalue weighted by atomic mass is 9.90. The summed E-state index contributed by atoms with van der Waals surface area (Å²) in [5.41, 5.74) is 6.19. The predicted octanol–water partition coefficient (Wildman–Crippen LogP) is 2.50. The van der Waals surface area contributed by atoms with E-state index in [-0.39, 0.29) is 29.6 Å². The van der Waals surface area contributed by atoms with E-state index in [0.29, 0.717) is 0 Å². The monoisotopic (exact) mass is 275 g/mol. The Morgan fingerprint density at radius 3 is 2.50 bits per heavy atom. The van der Waals surface area contributed by atoms with Crippen molar-refractivity contribution in [1.82, 2.24) is 0 Å². The largest absolute Gasteiger partial charge is 0.508 e. The van der Waals surface area contributed by atoms with Crippen LogP contribution in [0.15, 0.2) is 18.2 Å². The van der Waals surface area contributed by atoms with Crippen LogP contribution in [0.5, 0.6) is 5.75 Å². The first-order valence-corrected chi connectivity index (χ1v) is 6.01. The van der Waals surface area contributed by atoms with E-state index in [9.17, 15) is 14.6 Å². The number of nitrogens with two attached hydrogens (primary N) is 1. The SMILES string of the molecule is Cl.N[C@H](c1cc(F)ccc1O)[C@@H](O)C1CCCC1. The Bertz CT molecular complexity index is 397. The number of aromatic hydroxyl groups is 1. The first-order valence-electron chi connectivity index (χ1n) is 6.01. The third kappa shape index (κ3) is 3.13. The van der Waals surface area contributed by atoms with Crippen molar-refractivity contribution in [3.63, 3.8) is 0 Å². The summed E-state index contributed by atoms with van der Waals surface area (Å²) in [7, 11) is 0. The summed E-state index contributed by atoms with van der Waals surface area (Å²) in [5, 5.41) is 19.8. The summed E-state index contributed by atoms with van der Waals surface area (Å²) >= 11 is 0. The average Bonchev–Trinajstić information content (AvgIpc) is 2.84. The molecule has 0 heterocycles. The normalized spacial score (nSPS) is 19.3. The zero-order chi connectivity index (χ0) is 12.4. The second-order valence-corrected chi connectivity index (χ2v) is 4.76. The van der Waals surface area contributed by atoms with Gasteiger partial charge in [-0.05, 0) is 37.0 Å². The Balaban J connectivity index is 0.00000162. The molecule has 1 aliphatic carbocycles. The van der Waals surface area contributed by atoms with Gasteiger partial charge >= 0.3 is 0 Å². The zero-order valence-electron chi connectivity index (χ0n) is 10.1. The molecule has 0 amide bonds. The highest BCUT2D eigenvalue weighted by molar-refractivity contribution is 5.85. The first kappa shape index (κ1) is 15.2. The number of aliphatic hydroxyl groups excluding tert-OH is 1. The van der Waals surface area contributed by atoms with Crippen molar-refractivity contribution in [2.24, 2.45) is 11.7 Å². The fourth-order valence-electron chi connectivity index (χ4n) is 2.57. The van der Waals surface area contributed by atoms with Crippen molar-refractivity contribution in [2.45, 2.75) is 37.8 Å². The van der Waals surface area contributed by atoms with Crippen LogP contribution < -0.4 is 5.73 Å². The van der Waals surface area contributed by atoms with E-state index in [0.717, 1.165) is 25.7 Å². The molecular weight excluding hydrogens is 257 g/mol. The lowest BCUT2D eigenvalue weighted by molar-refractivity contribution is 0.0835. The minimum atomic E-state index is -0.728. The molecule has 1 fully saturated rings. The van der Waals surface area contributed by atoms with Crippen molar-refractivity contribution in [2.75, 3.05) is 0 Å². The van der Waals surface area contributed by atoms with Gasteiger partial charge in [-0.15, -0.1) is 12.4 Å². The molecule has 0 aromatic heterocycles. The minimum Gasteiger partial charge on any atom is -0.508 e. The van der Waals surface area contributed by atoms with Crippen LogP contribution in [0.3, 0.4) is 0 Å². The second kappa shape index (κ2) is 6.36. The van der Waals surface area contributed by atoms with Gasteiger partial charge in [0.05, 0.1) is 12.1 Å². The molecule has 1 aromatic rings. The first-order chi connectivity index (χ1) is 8.09. The summed E-state index contributed by atoms with van der Waals surface area (Å²) in [6, 6.07) is 2.91. The molecule has 0 spiro atoms. The zero-order valence-corrected chi connectivity index (χ0v) is 10.9. The van der Waals surface area contributed by atoms with Crippen molar-refractivity contribution in [3.8, 4) is 5.75 Å². The molecule has 2 atom stereocenters. The van der Waals surface area contributed by atoms with Crippen LogP contribution in [0.1, 0.15) is 37.3 Å². The van der Waals surface area contributed by atoms with Crippen molar-refractivity contribution in [1.29, 1.82) is 0 Å². The lowest BCUT2D eigenvalue weighted by Crippen LogP contribution is -2.32. The maximum absolute atomic E-state index is 13.1. The third-order valence-corrected chi connectivity index (χ3v) is 3.60. The van der Waals surface area contributed by atoms with Crippen LogP contribution in [0.4, 0.5) is 4.39 Å². The summed E-state index contributed by atoms with van der Waals surface area (Å²) in [5.74, 6) is -0.351. The number of phenols is 1. The van der Waals surface area contributed by atoms with Gasteiger partial charge in [0.25, 0.3) is 0 Å². The number of rotatable bonds is 3. The number of hydrogen-bond acceptors (Lipinski definition) is 3. The van der Waals surface area contributed by atoms with Gasteiger partial charge in [0.15, 0.2) is 0 Å². The molecule has 102 valence electrons. The summed E-state index contributed by atoms with van der Waals surface area (Å²) < 4.78 is 13.1. The van der Waals surface area contributed by atoms with E-state index in [1.807, 2.05) is 0 Å². The predicted molar refractivity (Wildman–Crippen MR) is 70.2 cm³/mol. The number of hydrogen-bond donors (Lipinski definition) is 3. The third-order valence-electron chi connectivity index (χ3n) is 3.60. The van der Waals surface area contributed by atoms with Crippen LogP contribution in [-0.2, 0) is 0 Å². The topological polar surface area (TPSA) is 66.5 Å². The molecule has 2 rings (SSSR count). The number of aliphatic hydroxyl groups is 1. The molecule has 5 heteroatoms. The van der Waals surface area contributed by atoms with Gasteiger partial charge in [0, 0.05) is 5.56 Å². The van der Waals surface area contributed by atoms with Gasteiger partial charge in [-0.3, -0.25) is 0 Å². The number of benzene rings is 1. The van der Waals surface area contributed by atoms with Gasteiger partial charge < -0.3 is 15.9 Å². The Hall–Kier alpha value is -0.840. The van der Waals surface area contributed by atoms with Crippen LogP contribution in [0.25, 0.3) is 0 Å². The average molecular weight is 276 g/mol. The highest BCUT2D eigenvalue weighted by Crippen LogP contribution is 2.34. The smallest absolute Gasteiger partial charge is 0.123 e. The molecule has 3 nitrogen and oxygen atoms in total. The summed E-state index contributed by atoms with van der Waals surface area (Å²) in [6.07, 6.45) is 3.38. The molecule has 18 heavy (non-hydrogen) atoms. The highest BCUT2D eigenvalue weighted by Gasteiger charge is 2.30. The van der Waals surface area contributed by atoms with E-state index in [2.05, 4.69) is 0 Å². The molecular formula is C13H19ClFNO2. The van der Waals surface area contributed by atoms with E-state index >= 15 is 0 Å². The summed E-state index contributed by atoms with van der Waals surface area (Å²) in [6.45, 7) is 0. The van der Waals surface area contributed by atoms with E-state index in [1.54, 1.807) is 0 Å². The van der Waals surface area contributed by atoms with E-state index < -0.39 is 18.0 Å². The van der Waals surface area contributed by atoms with Crippen molar-refractivity contribution >= 4 is 12.4 Å². The molecule has 1 aliphatic rings. The Labute approximate surface area is 112 Å².